The molecule has 2 aliphatic carbocycles. The largest absolute Gasteiger partial charge is 0.341 e. The first-order chi connectivity index (χ1) is 23.2. The fourth-order valence-corrected chi connectivity index (χ4v) is 8.19. The van der Waals surface area contributed by atoms with Gasteiger partial charge in [-0.25, -0.2) is 0 Å². The lowest BCUT2D eigenvalue weighted by Gasteiger charge is -2.33. The predicted octanol–water partition coefficient (Wildman–Crippen LogP) is 9.14. The number of anilines is 1. The molecule has 5 aromatic carbocycles. The van der Waals surface area contributed by atoms with E-state index in [1.54, 1.807) is 0 Å². The average Bonchev–Trinajstić information content (AvgIpc) is 3.71. The Hall–Kier alpha value is -5.34. The van der Waals surface area contributed by atoms with Crippen LogP contribution < -0.4 is 15.5 Å². The maximum Gasteiger partial charge on any atom is 0.0540 e. The maximum atomic E-state index is 2.58. The van der Waals surface area contributed by atoms with Crippen LogP contribution in [0.4, 0.5) is 5.69 Å². The van der Waals surface area contributed by atoms with Crippen LogP contribution in [0, 0.1) is 5.92 Å². The minimum atomic E-state index is 0.357. The Balaban J connectivity index is 1.08. The number of rotatable bonds is 5. The molecule has 3 unspecified atom stereocenters. The van der Waals surface area contributed by atoms with Crippen molar-refractivity contribution in [3.05, 3.63) is 184 Å². The molecular weight excluding hydrogens is 569 g/mol. The Morgan fingerprint density at radius 1 is 0.660 bits per heavy atom. The zero-order chi connectivity index (χ0) is 31.3. The SMILES string of the molecule is CC1C=C(N2CCc3cc(C4C=c5c(n(-c6ccccc6)c6ccccc56)=CC4)ccc32)C(c2ccccc2)=CC1c1ccccc1. The van der Waals surface area contributed by atoms with Crippen LogP contribution in [0.15, 0.2) is 151 Å². The highest BCUT2D eigenvalue weighted by Gasteiger charge is 2.31. The fourth-order valence-electron chi connectivity index (χ4n) is 8.19. The first-order valence-corrected chi connectivity index (χ1v) is 17.0. The summed E-state index contributed by atoms with van der Waals surface area (Å²) < 4.78 is 2.43. The molecule has 0 N–H and O–H groups in total. The van der Waals surface area contributed by atoms with E-state index in [-0.39, 0.29) is 0 Å². The van der Waals surface area contributed by atoms with Gasteiger partial charge in [-0.3, -0.25) is 0 Å². The van der Waals surface area contributed by atoms with Gasteiger partial charge >= 0.3 is 0 Å². The molecule has 2 nitrogen and oxygen atoms in total. The van der Waals surface area contributed by atoms with Crippen molar-refractivity contribution >= 4 is 34.3 Å². The number of hydrogen-bond acceptors (Lipinski definition) is 1. The summed E-state index contributed by atoms with van der Waals surface area (Å²) in [4.78, 5) is 2.58. The van der Waals surface area contributed by atoms with Gasteiger partial charge < -0.3 is 9.47 Å². The third kappa shape index (κ3) is 4.79. The fraction of sp³-hybridized carbons (Fsp3) is 0.156. The van der Waals surface area contributed by atoms with Gasteiger partial charge in [0.2, 0.25) is 0 Å². The number of nitrogens with zero attached hydrogens (tertiary/aromatic N) is 2. The molecule has 0 saturated carbocycles. The van der Waals surface area contributed by atoms with Crippen LogP contribution in [-0.2, 0) is 6.42 Å². The van der Waals surface area contributed by atoms with E-state index in [2.05, 4.69) is 174 Å². The molecule has 3 atom stereocenters. The molecule has 1 aliphatic heterocycles. The lowest BCUT2D eigenvalue weighted by atomic mass is 9.79. The van der Waals surface area contributed by atoms with Gasteiger partial charge in [-0.15, -0.1) is 0 Å². The number of fused-ring (bicyclic) bond motifs is 4. The Labute approximate surface area is 276 Å². The zero-order valence-corrected chi connectivity index (χ0v) is 26.8. The maximum absolute atomic E-state index is 2.58. The monoisotopic (exact) mass is 606 g/mol. The summed E-state index contributed by atoms with van der Waals surface area (Å²) in [7, 11) is 0. The summed E-state index contributed by atoms with van der Waals surface area (Å²) >= 11 is 0. The zero-order valence-electron chi connectivity index (χ0n) is 26.8. The molecule has 0 saturated heterocycles. The normalized spacial score (nSPS) is 20.1. The molecule has 6 aromatic rings. The van der Waals surface area contributed by atoms with Crippen LogP contribution in [-0.4, -0.2) is 11.1 Å². The summed E-state index contributed by atoms with van der Waals surface area (Å²) in [6.07, 6.45) is 12.1. The number of hydrogen-bond donors (Lipinski definition) is 0. The van der Waals surface area contributed by atoms with Gasteiger partial charge in [0.15, 0.2) is 0 Å². The lowest BCUT2D eigenvalue weighted by molar-refractivity contribution is 0.629. The minimum absolute atomic E-state index is 0.357. The van der Waals surface area contributed by atoms with E-state index in [9.17, 15) is 0 Å². The number of para-hydroxylation sites is 2. The molecule has 3 aliphatic rings. The van der Waals surface area contributed by atoms with Gasteiger partial charge in [0.1, 0.15) is 0 Å². The van der Waals surface area contributed by atoms with E-state index in [0.717, 1.165) is 19.4 Å². The van der Waals surface area contributed by atoms with Crippen LogP contribution in [0.3, 0.4) is 0 Å². The smallest absolute Gasteiger partial charge is 0.0540 e. The first kappa shape index (κ1) is 27.9. The van der Waals surface area contributed by atoms with Gasteiger partial charge in [0, 0.05) is 57.0 Å². The highest BCUT2D eigenvalue weighted by Crippen LogP contribution is 2.44. The van der Waals surface area contributed by atoms with Gasteiger partial charge in [-0.1, -0.05) is 140 Å². The summed E-state index contributed by atoms with van der Waals surface area (Å²) in [5, 5.41) is 4.00. The van der Waals surface area contributed by atoms with Crippen LogP contribution in [0.5, 0.6) is 0 Å². The van der Waals surface area contributed by atoms with Crippen LogP contribution >= 0.6 is 0 Å². The predicted molar refractivity (Wildman–Crippen MR) is 197 cm³/mol. The molecule has 2 heterocycles. The standard InChI is InChI=1S/C45H38N2/c1-31-27-45(40(33-15-7-3-8-16-33)30-39(31)32-13-5-2-6-14-32)46-26-25-36-28-34(21-23-42(36)46)35-22-24-44-41(29-35)38-19-11-12-20-43(38)47(44)37-17-9-4-10-18-37/h2-21,23-24,27-31,35,39H,22,25-26H2,1H3. The van der Waals surface area contributed by atoms with E-state index in [4.69, 9.17) is 0 Å². The lowest BCUT2D eigenvalue weighted by Crippen LogP contribution is -2.31. The molecule has 0 spiro atoms. The van der Waals surface area contributed by atoms with E-state index in [1.165, 1.54) is 66.4 Å². The molecule has 228 valence electrons. The molecule has 0 radical (unpaired) electrons. The third-order valence-corrected chi connectivity index (χ3v) is 10.5. The van der Waals surface area contributed by atoms with Gasteiger partial charge in [0.05, 0.1) is 5.52 Å². The quantitative estimate of drug-likeness (QED) is 0.190. The van der Waals surface area contributed by atoms with Gasteiger partial charge in [-0.05, 0) is 65.3 Å². The first-order valence-electron chi connectivity index (χ1n) is 17.0. The average molecular weight is 607 g/mol. The Bertz CT molecular complexity index is 2290. The summed E-state index contributed by atoms with van der Waals surface area (Å²) in [5.41, 5.74) is 12.1. The second-order valence-electron chi connectivity index (χ2n) is 13.3. The van der Waals surface area contributed by atoms with Crippen LogP contribution in [0.1, 0.15) is 47.4 Å². The molecule has 47 heavy (non-hydrogen) atoms. The molecule has 9 rings (SSSR count). The Morgan fingerprint density at radius 2 is 1.38 bits per heavy atom. The molecule has 0 amide bonds. The van der Waals surface area contributed by atoms with Crippen molar-refractivity contribution in [1.82, 2.24) is 4.57 Å². The third-order valence-electron chi connectivity index (χ3n) is 10.5. The van der Waals surface area contributed by atoms with Crippen LogP contribution in [0.2, 0.25) is 0 Å². The minimum Gasteiger partial charge on any atom is -0.341 e. The molecule has 0 fully saturated rings. The number of allylic oxidation sites excluding steroid dienone is 3. The van der Waals surface area contributed by atoms with Crippen molar-refractivity contribution in [3.8, 4) is 5.69 Å². The van der Waals surface area contributed by atoms with E-state index in [1.807, 2.05) is 0 Å². The van der Waals surface area contributed by atoms with Gasteiger partial charge in [0.25, 0.3) is 0 Å². The second kappa shape index (κ2) is 11.5. The van der Waals surface area contributed by atoms with Crippen molar-refractivity contribution in [1.29, 1.82) is 0 Å². The summed E-state index contributed by atoms with van der Waals surface area (Å²) in [6.45, 7) is 3.38. The molecule has 2 heteroatoms. The van der Waals surface area contributed by atoms with Crippen molar-refractivity contribution in [2.24, 2.45) is 5.92 Å². The molecule has 1 aromatic heterocycles. The van der Waals surface area contributed by atoms with Crippen molar-refractivity contribution < 1.29 is 0 Å². The topological polar surface area (TPSA) is 8.17 Å². The number of benzene rings is 5. The Morgan fingerprint density at radius 3 is 2.19 bits per heavy atom. The molecule has 0 bridgehead atoms. The highest BCUT2D eigenvalue weighted by atomic mass is 15.2. The number of aromatic nitrogens is 1. The summed E-state index contributed by atoms with van der Waals surface area (Å²) in [6, 6.07) is 48.8. The second-order valence-corrected chi connectivity index (χ2v) is 13.3. The van der Waals surface area contributed by atoms with E-state index in [0.29, 0.717) is 17.8 Å². The highest BCUT2D eigenvalue weighted by molar-refractivity contribution is 5.87. The molecular formula is C45H38N2. The van der Waals surface area contributed by atoms with Gasteiger partial charge in [-0.2, -0.15) is 0 Å². The van der Waals surface area contributed by atoms with Crippen molar-refractivity contribution in [2.45, 2.75) is 31.6 Å². The Kier molecular flexibility index (Phi) is 6.82. The summed E-state index contributed by atoms with van der Waals surface area (Å²) in [5.74, 6) is 1.12. The van der Waals surface area contributed by atoms with Crippen molar-refractivity contribution in [2.75, 3.05) is 11.4 Å². The van der Waals surface area contributed by atoms with Crippen molar-refractivity contribution in [3.63, 3.8) is 0 Å². The van der Waals surface area contributed by atoms with Crippen LogP contribution in [0.25, 0.3) is 34.3 Å². The van der Waals surface area contributed by atoms with E-state index >= 15 is 0 Å². The van der Waals surface area contributed by atoms with E-state index < -0.39 is 0 Å².